The maximum atomic E-state index is 5.12. The molecular weight excluding hydrogens is 803 g/mol. The minimum absolute atomic E-state index is 0.624. The third-order valence-corrected chi connectivity index (χ3v) is 13.5. The molecule has 0 spiro atoms. The zero-order valence-electron chi connectivity index (χ0n) is 35.6. The molecule has 3 heterocycles. The Kier molecular flexibility index (Phi) is 7.91. The number of nitrogens with zero attached hydrogens (tertiary/aromatic N) is 5. The summed E-state index contributed by atoms with van der Waals surface area (Å²) in [6.07, 6.45) is 0. The first-order chi connectivity index (χ1) is 32.7. The second-order valence-corrected chi connectivity index (χ2v) is 17.2. The molecule has 3 aromatic heterocycles. The van der Waals surface area contributed by atoms with Gasteiger partial charge in [-0.1, -0.05) is 164 Å². The van der Waals surface area contributed by atoms with Gasteiger partial charge in [0.1, 0.15) is 0 Å². The van der Waals surface area contributed by atoms with Gasteiger partial charge >= 0.3 is 0 Å². The van der Waals surface area contributed by atoms with E-state index in [1.54, 1.807) is 0 Å². The topological polar surface area (TPSA) is 48.5 Å². The summed E-state index contributed by atoms with van der Waals surface area (Å²) in [7, 11) is 0. The number of rotatable bonds is 6. The van der Waals surface area contributed by atoms with Crippen LogP contribution in [0.2, 0.25) is 0 Å². The lowest BCUT2D eigenvalue weighted by Crippen LogP contribution is -2.01. The maximum absolute atomic E-state index is 5.12. The Hall–Kier alpha value is -8.93. The van der Waals surface area contributed by atoms with Gasteiger partial charge in [-0.3, -0.25) is 0 Å². The van der Waals surface area contributed by atoms with Gasteiger partial charge in [0.25, 0.3) is 0 Å². The van der Waals surface area contributed by atoms with Crippen LogP contribution in [0.3, 0.4) is 0 Å². The molecule has 0 radical (unpaired) electrons. The first-order valence-electron chi connectivity index (χ1n) is 22.4. The Labute approximate surface area is 380 Å². The molecule has 0 saturated carbocycles. The van der Waals surface area contributed by atoms with E-state index in [0.29, 0.717) is 17.5 Å². The van der Waals surface area contributed by atoms with Crippen LogP contribution >= 0.6 is 0 Å². The zero-order valence-corrected chi connectivity index (χ0v) is 35.6. The average molecular weight is 840 g/mol. The molecule has 0 aliphatic heterocycles. The summed E-state index contributed by atoms with van der Waals surface area (Å²) in [5, 5.41) is 7.42. The number of hydrogen-bond acceptors (Lipinski definition) is 3. The third kappa shape index (κ3) is 5.50. The molecule has 306 valence electrons. The predicted octanol–water partition coefficient (Wildman–Crippen LogP) is 15.5. The van der Waals surface area contributed by atoms with Crippen molar-refractivity contribution in [1.29, 1.82) is 0 Å². The molecule has 0 atom stereocenters. The summed E-state index contributed by atoms with van der Waals surface area (Å²) < 4.78 is 4.83. The number of hydrogen-bond donors (Lipinski definition) is 0. The quantitative estimate of drug-likeness (QED) is 0.168. The molecular formula is C61H37N5. The van der Waals surface area contributed by atoms with Gasteiger partial charge in [-0.2, -0.15) is 0 Å². The minimum Gasteiger partial charge on any atom is -0.309 e. The van der Waals surface area contributed by atoms with Gasteiger partial charge in [0.05, 0.1) is 22.1 Å². The largest absolute Gasteiger partial charge is 0.309 e. The molecule has 0 saturated heterocycles. The van der Waals surface area contributed by atoms with Crippen molar-refractivity contribution < 1.29 is 0 Å². The van der Waals surface area contributed by atoms with Crippen molar-refractivity contribution >= 4 is 54.4 Å². The fourth-order valence-electron chi connectivity index (χ4n) is 10.6. The van der Waals surface area contributed by atoms with E-state index in [-0.39, 0.29) is 0 Å². The zero-order chi connectivity index (χ0) is 43.3. The first kappa shape index (κ1) is 36.5. The molecule has 1 aliphatic carbocycles. The maximum Gasteiger partial charge on any atom is 0.164 e. The fraction of sp³-hybridized carbons (Fsp3) is 0. The second kappa shape index (κ2) is 14.3. The molecule has 0 amide bonds. The second-order valence-electron chi connectivity index (χ2n) is 17.2. The van der Waals surface area contributed by atoms with Gasteiger partial charge in [-0.25, -0.2) is 15.0 Å². The minimum atomic E-state index is 0.624. The lowest BCUT2D eigenvalue weighted by Gasteiger charge is -2.13. The highest BCUT2D eigenvalue weighted by molar-refractivity contribution is 6.28. The van der Waals surface area contributed by atoms with Crippen molar-refractivity contribution in [3.8, 4) is 78.9 Å². The molecule has 0 N–H and O–H groups in total. The Morgan fingerprint density at radius 2 is 0.742 bits per heavy atom. The van der Waals surface area contributed by atoms with Crippen molar-refractivity contribution in [3.63, 3.8) is 0 Å². The van der Waals surface area contributed by atoms with Crippen molar-refractivity contribution in [1.82, 2.24) is 24.1 Å². The highest BCUT2D eigenvalue weighted by Crippen LogP contribution is 2.51. The molecule has 14 rings (SSSR count). The van der Waals surface area contributed by atoms with Crippen LogP contribution in [0.5, 0.6) is 0 Å². The summed E-state index contributed by atoms with van der Waals surface area (Å²) in [5.41, 5.74) is 17.2. The van der Waals surface area contributed by atoms with E-state index in [0.717, 1.165) is 33.6 Å². The van der Waals surface area contributed by atoms with Gasteiger partial charge in [-0.05, 0) is 99.4 Å². The lowest BCUT2D eigenvalue weighted by atomic mass is 9.97. The first-order valence-corrected chi connectivity index (χ1v) is 22.4. The Bertz CT molecular complexity index is 4030. The molecule has 0 unspecified atom stereocenters. The van der Waals surface area contributed by atoms with E-state index < -0.39 is 0 Å². The van der Waals surface area contributed by atoms with Crippen molar-refractivity contribution in [2.45, 2.75) is 0 Å². The van der Waals surface area contributed by atoms with Crippen LogP contribution in [0.25, 0.3) is 133 Å². The van der Waals surface area contributed by atoms with Gasteiger partial charge in [0, 0.05) is 55.0 Å². The van der Waals surface area contributed by atoms with E-state index in [1.165, 1.54) is 82.2 Å². The smallest absolute Gasteiger partial charge is 0.164 e. The fourth-order valence-corrected chi connectivity index (χ4v) is 10.6. The summed E-state index contributed by atoms with van der Waals surface area (Å²) in [6, 6.07) is 80.4. The SMILES string of the molecule is c1ccc(-c2nc(-c3ccccc3)nc(-c3cccc(-n4c5ccc(-c6ccc7c(c6)c6ccccc6n7-c6ccccc6)cc5c5cc6c7c(cccc7c54)-c4ccccc4-6)c3)n2)cc1. The Balaban J connectivity index is 1.00. The summed E-state index contributed by atoms with van der Waals surface area (Å²) in [5.74, 6) is 1.90. The standard InChI is InChI=1S/C61H37N5/c1-4-16-38(17-5-1)59-62-60(39-18-6-2-7-19-39)64-61(63-59)42-20-14-23-44(34-42)66-56-33-31-41(40-30-32-55-50(35-40)47-26-12-13-29-54(47)65(55)43-21-8-3-9-22-43)36-51(56)53-37-52-46-25-11-10-24-45(46)48-27-15-28-49(57(48)52)58(53)66/h1-37H. The summed E-state index contributed by atoms with van der Waals surface area (Å²) in [4.78, 5) is 15.2. The Morgan fingerprint density at radius 1 is 0.258 bits per heavy atom. The normalized spacial score (nSPS) is 11.9. The van der Waals surface area contributed by atoms with Crippen LogP contribution in [0.1, 0.15) is 0 Å². The molecule has 13 aromatic rings. The van der Waals surface area contributed by atoms with E-state index in [2.05, 4.69) is 197 Å². The molecule has 66 heavy (non-hydrogen) atoms. The third-order valence-electron chi connectivity index (χ3n) is 13.5. The molecule has 10 aromatic carbocycles. The summed E-state index contributed by atoms with van der Waals surface area (Å²) >= 11 is 0. The lowest BCUT2D eigenvalue weighted by molar-refractivity contribution is 1.07. The molecule has 5 nitrogen and oxygen atoms in total. The van der Waals surface area contributed by atoms with Crippen molar-refractivity contribution in [2.75, 3.05) is 0 Å². The molecule has 5 heteroatoms. The van der Waals surface area contributed by atoms with Crippen LogP contribution in [0.15, 0.2) is 224 Å². The highest BCUT2D eigenvalue weighted by atomic mass is 15.0. The van der Waals surface area contributed by atoms with Gasteiger partial charge in [-0.15, -0.1) is 0 Å². The Morgan fingerprint density at radius 3 is 1.44 bits per heavy atom. The van der Waals surface area contributed by atoms with Crippen molar-refractivity contribution in [3.05, 3.63) is 224 Å². The van der Waals surface area contributed by atoms with Gasteiger partial charge < -0.3 is 9.13 Å². The molecule has 1 aliphatic rings. The number of benzene rings is 10. The van der Waals surface area contributed by atoms with Crippen LogP contribution in [0.4, 0.5) is 0 Å². The number of fused-ring (bicyclic) bond motifs is 10. The summed E-state index contributed by atoms with van der Waals surface area (Å²) in [6.45, 7) is 0. The van der Waals surface area contributed by atoms with Gasteiger partial charge in [0.15, 0.2) is 17.5 Å². The van der Waals surface area contributed by atoms with Crippen LogP contribution in [0, 0.1) is 0 Å². The monoisotopic (exact) mass is 839 g/mol. The predicted molar refractivity (Wildman–Crippen MR) is 272 cm³/mol. The number of para-hydroxylation sites is 2. The van der Waals surface area contributed by atoms with Crippen molar-refractivity contribution in [2.24, 2.45) is 0 Å². The van der Waals surface area contributed by atoms with Crippen LogP contribution in [-0.4, -0.2) is 24.1 Å². The van der Waals surface area contributed by atoms with E-state index in [1.807, 2.05) is 36.4 Å². The molecule has 0 fully saturated rings. The van der Waals surface area contributed by atoms with Crippen LogP contribution in [-0.2, 0) is 0 Å². The van der Waals surface area contributed by atoms with Crippen LogP contribution < -0.4 is 0 Å². The van der Waals surface area contributed by atoms with E-state index >= 15 is 0 Å². The van der Waals surface area contributed by atoms with E-state index in [9.17, 15) is 0 Å². The van der Waals surface area contributed by atoms with Gasteiger partial charge in [0.2, 0.25) is 0 Å². The average Bonchev–Trinajstić information content (AvgIpc) is 4.03. The molecule has 0 bridgehead atoms. The highest BCUT2D eigenvalue weighted by Gasteiger charge is 2.26. The van der Waals surface area contributed by atoms with E-state index in [4.69, 9.17) is 15.0 Å². The number of aromatic nitrogens is 5.